The lowest BCUT2D eigenvalue weighted by Crippen LogP contribution is -2.37. The van der Waals surface area contributed by atoms with E-state index in [9.17, 15) is 4.79 Å². The number of rotatable bonds is 14. The Hall–Kier alpha value is -3.02. The summed E-state index contributed by atoms with van der Waals surface area (Å²) < 4.78 is -0.294. The Balaban J connectivity index is 0.000000730. The molecule has 0 amide bonds. The third-order valence-electron chi connectivity index (χ3n) is 8.25. The smallest absolute Gasteiger partial charge is 0.122 e. The summed E-state index contributed by atoms with van der Waals surface area (Å²) >= 11 is 1.95. The van der Waals surface area contributed by atoms with E-state index in [-0.39, 0.29) is 10.7 Å². The molecule has 2 N–H and O–H groups in total. The fourth-order valence-corrected chi connectivity index (χ4v) is 6.82. The first kappa shape index (κ1) is 33.5. The molecular weight excluding hydrogens is 534 g/mol. The zero-order valence-electron chi connectivity index (χ0n) is 26.1. The van der Waals surface area contributed by atoms with Gasteiger partial charge in [0.1, 0.15) is 11.0 Å². The molecule has 4 rings (SSSR count). The zero-order chi connectivity index (χ0) is 30.2. The molecule has 42 heavy (non-hydrogen) atoms. The van der Waals surface area contributed by atoms with Gasteiger partial charge in [0.15, 0.2) is 0 Å². The van der Waals surface area contributed by atoms with Gasteiger partial charge in [-0.1, -0.05) is 100 Å². The number of nitrogens with one attached hydrogen (secondary N) is 2. The first-order valence-electron chi connectivity index (χ1n) is 15.6. The van der Waals surface area contributed by atoms with Crippen LogP contribution in [-0.4, -0.2) is 50.2 Å². The predicted octanol–water partition coefficient (Wildman–Crippen LogP) is 8.33. The van der Waals surface area contributed by atoms with Crippen LogP contribution in [0, 0.1) is 5.92 Å². The third kappa shape index (κ3) is 9.24. The molecule has 226 valence electrons. The minimum absolute atomic E-state index is 0.255. The molecule has 1 unspecified atom stereocenters. The van der Waals surface area contributed by atoms with Crippen molar-refractivity contribution < 1.29 is 4.79 Å². The second kappa shape index (κ2) is 17.8. The monoisotopic (exact) mass is 585 g/mol. The van der Waals surface area contributed by atoms with Gasteiger partial charge in [0, 0.05) is 30.9 Å². The number of likely N-dealkylation sites (tertiary alicyclic amines) is 1. The van der Waals surface area contributed by atoms with Crippen LogP contribution in [-0.2, 0) is 9.54 Å². The highest BCUT2D eigenvalue weighted by Crippen LogP contribution is 2.47. The molecule has 1 saturated heterocycles. The predicted molar refractivity (Wildman–Crippen MR) is 183 cm³/mol. The van der Waals surface area contributed by atoms with Crippen LogP contribution in [0.15, 0.2) is 97.2 Å². The van der Waals surface area contributed by atoms with Crippen LogP contribution in [0.2, 0.25) is 0 Å². The molecule has 0 aromatic heterocycles. The lowest BCUT2D eigenvalue weighted by atomic mass is 9.87. The van der Waals surface area contributed by atoms with Crippen molar-refractivity contribution in [2.75, 3.05) is 44.3 Å². The van der Waals surface area contributed by atoms with Crippen LogP contribution in [0.5, 0.6) is 0 Å². The Labute approximate surface area is 259 Å². The van der Waals surface area contributed by atoms with Gasteiger partial charge in [-0.2, -0.15) is 0 Å². The van der Waals surface area contributed by atoms with Crippen molar-refractivity contribution in [3.05, 3.63) is 114 Å². The molecule has 3 aromatic rings. The highest BCUT2D eigenvalue weighted by molar-refractivity contribution is 8.00. The number of carbonyl (C=O) groups is 1. The molecule has 4 nitrogen and oxygen atoms in total. The highest BCUT2D eigenvalue weighted by atomic mass is 32.2. The number of piperidine rings is 1. The van der Waals surface area contributed by atoms with Crippen molar-refractivity contribution in [3.8, 4) is 0 Å². The van der Waals surface area contributed by atoms with Crippen LogP contribution in [0.3, 0.4) is 0 Å². The maximum absolute atomic E-state index is 9.74. The SMILES string of the molecule is C=C(NCCCN1CCC(c2cccc(NC)c2)CC1)C(SCC)(c1ccccc1)c1ccccc1.CCC(C)C=O. The number of carbonyl (C=O) groups excluding carboxylic acids is 1. The summed E-state index contributed by atoms with van der Waals surface area (Å²) in [6, 6.07) is 30.6. The molecule has 1 atom stereocenters. The minimum Gasteiger partial charge on any atom is -0.388 e. The number of thioether (sulfide) groups is 1. The van der Waals surface area contributed by atoms with Crippen molar-refractivity contribution in [2.45, 2.75) is 57.1 Å². The van der Waals surface area contributed by atoms with Gasteiger partial charge in [-0.05, 0) is 85.8 Å². The van der Waals surface area contributed by atoms with Crippen molar-refractivity contribution in [1.29, 1.82) is 0 Å². The standard InChI is InChI=1S/C32H41N3S.C5H10O/c1-4-36-32(29-14-7-5-8-15-29,30-16-9-6-10-17-30)26(2)34-21-12-22-35-23-19-27(20-24-35)28-13-11-18-31(25-28)33-3;1-3-5(2)4-6/h5-11,13-18,25,27,33-34H,2,4,12,19-24H2,1,3H3;4-5H,3H2,1-2H3. The Morgan fingerprint density at radius 1 is 1.00 bits per heavy atom. The first-order chi connectivity index (χ1) is 20.5. The molecule has 0 bridgehead atoms. The maximum Gasteiger partial charge on any atom is 0.122 e. The molecule has 0 saturated carbocycles. The van der Waals surface area contributed by atoms with Crippen LogP contribution in [0.4, 0.5) is 5.69 Å². The van der Waals surface area contributed by atoms with Crippen molar-refractivity contribution >= 4 is 23.7 Å². The van der Waals surface area contributed by atoms with Gasteiger partial charge in [0.25, 0.3) is 0 Å². The van der Waals surface area contributed by atoms with Gasteiger partial charge in [-0.15, -0.1) is 11.8 Å². The molecule has 0 aliphatic carbocycles. The van der Waals surface area contributed by atoms with Gasteiger partial charge >= 0.3 is 0 Å². The largest absolute Gasteiger partial charge is 0.388 e. The zero-order valence-corrected chi connectivity index (χ0v) is 27.0. The summed E-state index contributed by atoms with van der Waals surface area (Å²) in [4.78, 5) is 12.4. The lowest BCUT2D eigenvalue weighted by molar-refractivity contribution is -0.110. The van der Waals surface area contributed by atoms with Gasteiger partial charge in [0.2, 0.25) is 0 Å². The number of hydrogen-bond acceptors (Lipinski definition) is 5. The molecule has 0 spiro atoms. The second-order valence-electron chi connectivity index (χ2n) is 11.1. The molecule has 1 heterocycles. The van der Waals surface area contributed by atoms with E-state index >= 15 is 0 Å². The topological polar surface area (TPSA) is 44.4 Å². The molecule has 1 fully saturated rings. The van der Waals surface area contributed by atoms with E-state index in [1.165, 1.54) is 48.3 Å². The summed E-state index contributed by atoms with van der Waals surface area (Å²) in [6.45, 7) is 15.2. The summed E-state index contributed by atoms with van der Waals surface area (Å²) in [6.07, 6.45) is 5.54. The molecule has 1 aliphatic rings. The first-order valence-corrected chi connectivity index (χ1v) is 16.6. The summed E-state index contributed by atoms with van der Waals surface area (Å²) in [5.41, 5.74) is 6.33. The Bertz CT molecular complexity index is 1150. The molecule has 3 aromatic carbocycles. The van der Waals surface area contributed by atoms with E-state index in [0.717, 1.165) is 43.7 Å². The quantitative estimate of drug-likeness (QED) is 0.147. The third-order valence-corrected chi connectivity index (χ3v) is 9.69. The van der Waals surface area contributed by atoms with E-state index in [1.54, 1.807) is 0 Å². The average molecular weight is 586 g/mol. The summed E-state index contributed by atoms with van der Waals surface area (Å²) in [5, 5.41) is 7.02. The van der Waals surface area contributed by atoms with Crippen molar-refractivity contribution in [2.24, 2.45) is 5.92 Å². The molecule has 0 radical (unpaired) electrons. The number of anilines is 1. The van der Waals surface area contributed by atoms with E-state index in [2.05, 4.69) is 114 Å². The van der Waals surface area contributed by atoms with E-state index in [4.69, 9.17) is 0 Å². The van der Waals surface area contributed by atoms with Crippen LogP contribution >= 0.6 is 11.8 Å². The molecule has 5 heteroatoms. The number of hydrogen-bond donors (Lipinski definition) is 2. The Morgan fingerprint density at radius 3 is 2.12 bits per heavy atom. The van der Waals surface area contributed by atoms with Gasteiger partial charge < -0.3 is 20.3 Å². The Morgan fingerprint density at radius 2 is 1.62 bits per heavy atom. The van der Waals surface area contributed by atoms with E-state index in [0.29, 0.717) is 5.92 Å². The fraction of sp³-hybridized carbons (Fsp3) is 0.432. The number of nitrogens with zero attached hydrogens (tertiary/aromatic N) is 1. The number of benzene rings is 3. The maximum atomic E-state index is 9.74. The van der Waals surface area contributed by atoms with E-state index in [1.807, 2.05) is 32.7 Å². The van der Waals surface area contributed by atoms with Crippen LogP contribution < -0.4 is 10.6 Å². The van der Waals surface area contributed by atoms with Crippen LogP contribution in [0.1, 0.15) is 69.1 Å². The van der Waals surface area contributed by atoms with Crippen LogP contribution in [0.25, 0.3) is 0 Å². The van der Waals surface area contributed by atoms with Gasteiger partial charge in [-0.25, -0.2) is 0 Å². The van der Waals surface area contributed by atoms with Gasteiger partial charge in [-0.3, -0.25) is 0 Å². The highest BCUT2D eigenvalue weighted by Gasteiger charge is 2.37. The second-order valence-corrected chi connectivity index (χ2v) is 12.6. The van der Waals surface area contributed by atoms with Gasteiger partial charge in [0.05, 0.1) is 0 Å². The molecule has 1 aliphatic heterocycles. The van der Waals surface area contributed by atoms with E-state index < -0.39 is 0 Å². The normalized spacial score (nSPS) is 14.8. The number of aldehydes is 1. The Kier molecular flexibility index (Phi) is 14.2. The van der Waals surface area contributed by atoms with Crippen molar-refractivity contribution in [3.63, 3.8) is 0 Å². The lowest BCUT2D eigenvalue weighted by Gasteiger charge is -2.37. The fourth-order valence-electron chi connectivity index (χ4n) is 5.53. The summed E-state index contributed by atoms with van der Waals surface area (Å²) in [7, 11) is 2.00. The average Bonchev–Trinajstić information content (AvgIpc) is 3.06. The van der Waals surface area contributed by atoms with Crippen molar-refractivity contribution in [1.82, 2.24) is 10.2 Å². The summed E-state index contributed by atoms with van der Waals surface area (Å²) in [5.74, 6) is 1.94. The molecular formula is C37H51N3OS. The minimum atomic E-state index is -0.294.